The van der Waals surface area contributed by atoms with E-state index >= 15 is 0 Å². The molecule has 0 bridgehead atoms. The van der Waals surface area contributed by atoms with Crippen LogP contribution < -0.4 is 15.4 Å². The zero-order chi connectivity index (χ0) is 16.7. The van der Waals surface area contributed by atoms with Gasteiger partial charge in [0.2, 0.25) is 0 Å². The molecular formula is C18H20N2O3. The Labute approximate surface area is 135 Å². The molecule has 0 fully saturated rings. The lowest BCUT2D eigenvalue weighted by atomic mass is 10.2. The summed E-state index contributed by atoms with van der Waals surface area (Å²) in [6.45, 7) is 4.37. The molecule has 0 aliphatic heterocycles. The van der Waals surface area contributed by atoms with Crippen molar-refractivity contribution < 1.29 is 14.3 Å². The van der Waals surface area contributed by atoms with Crippen molar-refractivity contribution in [2.75, 3.05) is 11.9 Å². The molecular weight excluding hydrogens is 292 g/mol. The molecule has 5 heteroatoms. The number of anilines is 1. The number of ether oxygens (including phenoxy) is 1. The van der Waals surface area contributed by atoms with Crippen LogP contribution in [0.5, 0.6) is 11.5 Å². The van der Waals surface area contributed by atoms with E-state index in [1.54, 1.807) is 24.3 Å². The third-order valence-corrected chi connectivity index (χ3v) is 2.98. The second kappa shape index (κ2) is 7.98. The van der Waals surface area contributed by atoms with E-state index in [4.69, 9.17) is 4.74 Å². The van der Waals surface area contributed by atoms with E-state index in [0.29, 0.717) is 23.7 Å². The molecule has 23 heavy (non-hydrogen) atoms. The van der Waals surface area contributed by atoms with Crippen LogP contribution in [0.25, 0.3) is 0 Å². The summed E-state index contributed by atoms with van der Waals surface area (Å²) in [6.07, 6.45) is 0. The van der Waals surface area contributed by atoms with Crippen molar-refractivity contribution in [3.8, 4) is 11.5 Å². The lowest BCUT2D eigenvalue weighted by molar-refractivity contribution is -0.136. The lowest BCUT2D eigenvalue weighted by Gasteiger charge is -2.12. The highest BCUT2D eigenvalue weighted by molar-refractivity contribution is 6.39. The minimum Gasteiger partial charge on any atom is -0.455 e. The van der Waals surface area contributed by atoms with Crippen LogP contribution in [0.2, 0.25) is 0 Å². The van der Waals surface area contributed by atoms with Crippen LogP contribution in [-0.4, -0.2) is 18.4 Å². The molecule has 0 unspecified atom stereocenters. The van der Waals surface area contributed by atoms with Crippen molar-refractivity contribution >= 4 is 17.5 Å². The van der Waals surface area contributed by atoms with Gasteiger partial charge in [-0.15, -0.1) is 0 Å². The van der Waals surface area contributed by atoms with Gasteiger partial charge in [0.1, 0.15) is 5.75 Å². The molecule has 2 amide bonds. The maximum atomic E-state index is 12.0. The molecule has 0 aromatic heterocycles. The van der Waals surface area contributed by atoms with Crippen LogP contribution in [0.4, 0.5) is 5.69 Å². The van der Waals surface area contributed by atoms with E-state index in [-0.39, 0.29) is 5.92 Å². The predicted molar refractivity (Wildman–Crippen MR) is 89.4 cm³/mol. The SMILES string of the molecule is CC(C)CNC(=O)C(=O)Nc1ccccc1Oc1ccccc1. The summed E-state index contributed by atoms with van der Waals surface area (Å²) < 4.78 is 5.74. The van der Waals surface area contributed by atoms with E-state index < -0.39 is 11.8 Å². The summed E-state index contributed by atoms with van der Waals surface area (Å²) in [5, 5.41) is 5.16. The van der Waals surface area contributed by atoms with Crippen LogP contribution in [0.15, 0.2) is 54.6 Å². The second-order valence-corrected chi connectivity index (χ2v) is 5.47. The summed E-state index contributed by atoms with van der Waals surface area (Å²) in [6, 6.07) is 16.2. The van der Waals surface area contributed by atoms with Gasteiger partial charge in [-0.1, -0.05) is 44.2 Å². The largest absolute Gasteiger partial charge is 0.455 e. The van der Waals surface area contributed by atoms with E-state index in [1.165, 1.54) is 0 Å². The van der Waals surface area contributed by atoms with Gasteiger partial charge in [-0.05, 0) is 30.2 Å². The monoisotopic (exact) mass is 312 g/mol. The molecule has 120 valence electrons. The van der Waals surface area contributed by atoms with Crippen LogP contribution in [-0.2, 0) is 9.59 Å². The molecule has 2 rings (SSSR count). The number of rotatable bonds is 5. The van der Waals surface area contributed by atoms with Crippen molar-refractivity contribution in [1.82, 2.24) is 5.32 Å². The first-order valence-corrected chi connectivity index (χ1v) is 7.47. The standard InChI is InChI=1S/C18H20N2O3/c1-13(2)12-19-17(21)18(22)20-15-10-6-7-11-16(15)23-14-8-4-3-5-9-14/h3-11,13H,12H2,1-2H3,(H,19,21)(H,20,22). The fourth-order valence-electron chi connectivity index (χ4n) is 1.83. The maximum Gasteiger partial charge on any atom is 0.313 e. The van der Waals surface area contributed by atoms with Crippen LogP contribution in [0.1, 0.15) is 13.8 Å². The molecule has 0 saturated carbocycles. The Morgan fingerprint density at radius 1 is 0.957 bits per heavy atom. The van der Waals surface area contributed by atoms with Gasteiger partial charge in [0.25, 0.3) is 0 Å². The van der Waals surface area contributed by atoms with Crippen molar-refractivity contribution in [3.63, 3.8) is 0 Å². The molecule has 2 aromatic rings. The van der Waals surface area contributed by atoms with Crippen LogP contribution in [0, 0.1) is 5.92 Å². The van der Waals surface area contributed by atoms with Crippen LogP contribution in [0.3, 0.4) is 0 Å². The number of nitrogens with one attached hydrogen (secondary N) is 2. The molecule has 0 radical (unpaired) electrons. The minimum atomic E-state index is -0.713. The quantitative estimate of drug-likeness (QED) is 0.833. The molecule has 5 nitrogen and oxygen atoms in total. The molecule has 0 heterocycles. The number of para-hydroxylation sites is 3. The van der Waals surface area contributed by atoms with E-state index in [1.807, 2.05) is 44.2 Å². The molecule has 0 saturated heterocycles. The summed E-state index contributed by atoms with van der Waals surface area (Å²) in [5.74, 6) is 0.0330. The van der Waals surface area contributed by atoms with Crippen molar-refractivity contribution in [2.24, 2.45) is 5.92 Å². The average molecular weight is 312 g/mol. The summed E-state index contributed by atoms with van der Waals surface area (Å²) in [4.78, 5) is 23.7. The molecule has 2 N–H and O–H groups in total. The minimum absolute atomic E-state index is 0.278. The smallest absolute Gasteiger partial charge is 0.313 e. The number of amides is 2. The number of carbonyl (C=O) groups is 2. The van der Waals surface area contributed by atoms with Gasteiger partial charge in [-0.3, -0.25) is 9.59 Å². The summed E-state index contributed by atoms with van der Waals surface area (Å²) in [5.41, 5.74) is 0.445. The average Bonchev–Trinajstić information content (AvgIpc) is 2.55. The number of benzene rings is 2. The van der Waals surface area contributed by atoms with E-state index in [0.717, 1.165) is 0 Å². The predicted octanol–water partition coefficient (Wildman–Crippen LogP) is 3.19. The van der Waals surface area contributed by atoms with Gasteiger partial charge < -0.3 is 15.4 Å². The fraction of sp³-hybridized carbons (Fsp3) is 0.222. The van der Waals surface area contributed by atoms with E-state index in [2.05, 4.69) is 10.6 Å². The topological polar surface area (TPSA) is 67.4 Å². The van der Waals surface area contributed by atoms with E-state index in [9.17, 15) is 9.59 Å². The normalized spacial score (nSPS) is 10.2. The summed E-state index contributed by atoms with van der Waals surface area (Å²) >= 11 is 0. The highest BCUT2D eigenvalue weighted by Crippen LogP contribution is 2.28. The Morgan fingerprint density at radius 3 is 2.30 bits per heavy atom. The van der Waals surface area contributed by atoms with Crippen molar-refractivity contribution in [3.05, 3.63) is 54.6 Å². The van der Waals surface area contributed by atoms with Gasteiger partial charge in [0.05, 0.1) is 5.69 Å². The molecule has 0 aliphatic carbocycles. The number of hydrogen-bond donors (Lipinski definition) is 2. The fourth-order valence-corrected chi connectivity index (χ4v) is 1.83. The lowest BCUT2D eigenvalue weighted by Crippen LogP contribution is -2.37. The third kappa shape index (κ3) is 5.14. The maximum absolute atomic E-state index is 12.0. The first kappa shape index (κ1) is 16.5. The second-order valence-electron chi connectivity index (χ2n) is 5.47. The van der Waals surface area contributed by atoms with Crippen molar-refractivity contribution in [1.29, 1.82) is 0 Å². The Bertz CT molecular complexity index is 669. The Hall–Kier alpha value is -2.82. The highest BCUT2D eigenvalue weighted by Gasteiger charge is 2.16. The summed E-state index contributed by atoms with van der Waals surface area (Å²) in [7, 11) is 0. The van der Waals surface area contributed by atoms with Gasteiger partial charge >= 0.3 is 11.8 Å². The van der Waals surface area contributed by atoms with Crippen LogP contribution >= 0.6 is 0 Å². The zero-order valence-electron chi connectivity index (χ0n) is 13.2. The van der Waals surface area contributed by atoms with Crippen molar-refractivity contribution in [2.45, 2.75) is 13.8 Å². The highest BCUT2D eigenvalue weighted by atomic mass is 16.5. The Balaban J connectivity index is 2.05. The number of hydrogen-bond acceptors (Lipinski definition) is 3. The Morgan fingerprint density at radius 2 is 1.61 bits per heavy atom. The Kier molecular flexibility index (Phi) is 5.74. The van der Waals surface area contributed by atoms with Gasteiger partial charge in [0.15, 0.2) is 5.75 Å². The third-order valence-electron chi connectivity index (χ3n) is 2.98. The zero-order valence-corrected chi connectivity index (χ0v) is 13.2. The van der Waals surface area contributed by atoms with Gasteiger partial charge in [0, 0.05) is 6.54 Å². The first-order valence-electron chi connectivity index (χ1n) is 7.47. The molecule has 0 aliphatic rings. The molecule has 0 spiro atoms. The number of carbonyl (C=O) groups excluding carboxylic acids is 2. The first-order chi connectivity index (χ1) is 11.1. The van der Waals surface area contributed by atoms with Gasteiger partial charge in [-0.25, -0.2) is 0 Å². The van der Waals surface area contributed by atoms with Gasteiger partial charge in [-0.2, -0.15) is 0 Å². The molecule has 0 atom stereocenters. The molecule has 2 aromatic carbocycles.